The summed E-state index contributed by atoms with van der Waals surface area (Å²) in [7, 11) is 0. The highest BCUT2D eigenvalue weighted by atomic mass is 32.1. The Hall–Kier alpha value is -4.73. The first-order chi connectivity index (χ1) is 18.8. The molecule has 0 unspecified atom stereocenters. The van der Waals surface area contributed by atoms with Crippen molar-refractivity contribution < 1.29 is 4.42 Å². The van der Waals surface area contributed by atoms with Crippen molar-refractivity contribution in [3.8, 4) is 33.5 Å². The molecule has 0 aliphatic carbocycles. The number of nitrogens with zero attached hydrogens (tertiary/aromatic N) is 1. The van der Waals surface area contributed by atoms with Crippen LogP contribution in [0.25, 0.3) is 75.6 Å². The summed E-state index contributed by atoms with van der Waals surface area (Å²) in [6.07, 6.45) is 2.00. The van der Waals surface area contributed by atoms with Gasteiger partial charge in [-0.05, 0) is 34.9 Å². The number of aromatic nitrogens is 1. The Morgan fingerprint density at radius 1 is 0.474 bits per heavy atom. The van der Waals surface area contributed by atoms with Gasteiger partial charge in [-0.3, -0.25) is 4.98 Å². The van der Waals surface area contributed by atoms with Crippen LogP contribution in [0, 0.1) is 0 Å². The molecule has 0 bridgehead atoms. The quantitative estimate of drug-likeness (QED) is 0.240. The summed E-state index contributed by atoms with van der Waals surface area (Å²) < 4.78 is 9.17. The van der Waals surface area contributed by atoms with E-state index in [0.717, 1.165) is 44.3 Å². The molecule has 0 fully saturated rings. The van der Waals surface area contributed by atoms with Crippen molar-refractivity contribution in [2.45, 2.75) is 0 Å². The Morgan fingerprint density at radius 3 is 1.92 bits per heavy atom. The highest BCUT2D eigenvalue weighted by Crippen LogP contribution is 2.41. The standard InChI is InChI=1S/C35H21NOS/c1-2-8-22(9-3-1)23-16-18-24(19-17-23)25-11-6-12-27-28-13-7-14-29(35(28)37-34(25)27)31-20-30-26-10-4-5-15-32(26)38-33(30)21-36-31/h1-21H. The Balaban J connectivity index is 1.29. The molecule has 0 aliphatic heterocycles. The Kier molecular flexibility index (Phi) is 4.73. The van der Waals surface area contributed by atoms with Crippen LogP contribution in [0.2, 0.25) is 0 Å². The van der Waals surface area contributed by atoms with Gasteiger partial charge in [-0.25, -0.2) is 0 Å². The van der Waals surface area contributed by atoms with E-state index in [1.54, 1.807) is 11.3 Å². The van der Waals surface area contributed by atoms with Crippen LogP contribution in [0.5, 0.6) is 0 Å². The molecule has 0 saturated carbocycles. The lowest BCUT2D eigenvalue weighted by Crippen LogP contribution is -1.83. The number of furan rings is 1. The molecule has 38 heavy (non-hydrogen) atoms. The summed E-state index contributed by atoms with van der Waals surface area (Å²) >= 11 is 1.79. The molecule has 0 amide bonds. The zero-order valence-electron chi connectivity index (χ0n) is 20.4. The predicted molar refractivity (Wildman–Crippen MR) is 161 cm³/mol. The molecule has 0 atom stereocenters. The largest absolute Gasteiger partial charge is 0.455 e. The molecule has 3 heteroatoms. The summed E-state index contributed by atoms with van der Waals surface area (Å²) in [4.78, 5) is 4.86. The van der Waals surface area contributed by atoms with Crippen molar-refractivity contribution in [1.29, 1.82) is 0 Å². The average molecular weight is 504 g/mol. The first kappa shape index (κ1) is 21.4. The fourth-order valence-corrected chi connectivity index (χ4v) is 6.56. The third-order valence-corrected chi connectivity index (χ3v) is 8.49. The van der Waals surface area contributed by atoms with E-state index in [9.17, 15) is 0 Å². The lowest BCUT2D eigenvalue weighted by molar-refractivity contribution is 0.671. The average Bonchev–Trinajstić information content (AvgIpc) is 3.56. The molecule has 0 spiro atoms. The van der Waals surface area contributed by atoms with Crippen LogP contribution >= 0.6 is 11.3 Å². The lowest BCUT2D eigenvalue weighted by atomic mass is 9.98. The van der Waals surface area contributed by atoms with Crippen molar-refractivity contribution in [2.75, 3.05) is 0 Å². The molecule has 0 aliphatic rings. The third kappa shape index (κ3) is 3.29. The van der Waals surface area contributed by atoms with Gasteiger partial charge < -0.3 is 4.42 Å². The van der Waals surface area contributed by atoms with E-state index in [1.165, 1.54) is 31.3 Å². The van der Waals surface area contributed by atoms with Gasteiger partial charge in [0.2, 0.25) is 0 Å². The van der Waals surface area contributed by atoms with Gasteiger partial charge in [-0.2, -0.15) is 0 Å². The van der Waals surface area contributed by atoms with Gasteiger partial charge in [0.25, 0.3) is 0 Å². The van der Waals surface area contributed by atoms with E-state index in [0.29, 0.717) is 0 Å². The predicted octanol–water partition coefficient (Wildman–Crippen LogP) is 10.3. The smallest absolute Gasteiger partial charge is 0.144 e. The van der Waals surface area contributed by atoms with E-state index in [-0.39, 0.29) is 0 Å². The first-order valence-electron chi connectivity index (χ1n) is 12.7. The summed E-state index contributed by atoms with van der Waals surface area (Å²) in [6, 6.07) is 42.7. The van der Waals surface area contributed by atoms with Crippen LogP contribution in [0.4, 0.5) is 0 Å². The molecule has 0 N–H and O–H groups in total. The molecule has 0 radical (unpaired) electrons. The van der Waals surface area contributed by atoms with Crippen molar-refractivity contribution in [3.63, 3.8) is 0 Å². The number of rotatable bonds is 3. The second kappa shape index (κ2) is 8.41. The Labute approximate surface area is 223 Å². The van der Waals surface area contributed by atoms with Gasteiger partial charge in [0.1, 0.15) is 11.2 Å². The number of para-hydroxylation sites is 2. The minimum atomic E-state index is 0.877. The van der Waals surface area contributed by atoms with Crippen molar-refractivity contribution in [3.05, 3.63) is 128 Å². The van der Waals surface area contributed by atoms with Crippen LogP contribution in [0.15, 0.2) is 132 Å². The number of hydrogen-bond donors (Lipinski definition) is 0. The maximum atomic E-state index is 6.68. The molecular weight excluding hydrogens is 482 g/mol. The van der Waals surface area contributed by atoms with Gasteiger partial charge in [-0.1, -0.05) is 103 Å². The normalized spacial score (nSPS) is 11.7. The Bertz CT molecular complexity index is 2120. The van der Waals surface area contributed by atoms with Gasteiger partial charge >= 0.3 is 0 Å². The van der Waals surface area contributed by atoms with Crippen molar-refractivity contribution in [2.24, 2.45) is 0 Å². The molecule has 8 rings (SSSR count). The fraction of sp³-hybridized carbons (Fsp3) is 0. The summed E-state index contributed by atoms with van der Waals surface area (Å²) in [5.74, 6) is 0. The van der Waals surface area contributed by atoms with Gasteiger partial charge in [0.15, 0.2) is 0 Å². The number of hydrogen-bond acceptors (Lipinski definition) is 3. The Morgan fingerprint density at radius 2 is 1.11 bits per heavy atom. The van der Waals surface area contributed by atoms with Crippen LogP contribution in [-0.2, 0) is 0 Å². The molecule has 5 aromatic carbocycles. The molecule has 8 aromatic rings. The van der Waals surface area contributed by atoms with E-state index < -0.39 is 0 Å². The van der Waals surface area contributed by atoms with Gasteiger partial charge in [-0.15, -0.1) is 11.3 Å². The van der Waals surface area contributed by atoms with Crippen LogP contribution in [0.3, 0.4) is 0 Å². The topological polar surface area (TPSA) is 26.0 Å². The number of benzene rings is 5. The van der Waals surface area contributed by atoms with Gasteiger partial charge in [0, 0.05) is 43.6 Å². The van der Waals surface area contributed by atoms with Crippen molar-refractivity contribution >= 4 is 53.4 Å². The second-order valence-electron chi connectivity index (χ2n) is 9.57. The van der Waals surface area contributed by atoms with E-state index in [2.05, 4.69) is 115 Å². The van der Waals surface area contributed by atoms with Crippen LogP contribution in [-0.4, -0.2) is 4.98 Å². The molecule has 2 nitrogen and oxygen atoms in total. The second-order valence-corrected chi connectivity index (χ2v) is 10.7. The molecule has 178 valence electrons. The summed E-state index contributed by atoms with van der Waals surface area (Å²) in [5.41, 5.74) is 8.38. The van der Waals surface area contributed by atoms with E-state index in [1.807, 2.05) is 12.3 Å². The van der Waals surface area contributed by atoms with E-state index in [4.69, 9.17) is 9.40 Å². The first-order valence-corrected chi connectivity index (χ1v) is 13.5. The highest BCUT2D eigenvalue weighted by Gasteiger charge is 2.17. The minimum absolute atomic E-state index is 0.877. The fourth-order valence-electron chi connectivity index (χ4n) is 5.50. The van der Waals surface area contributed by atoms with Crippen molar-refractivity contribution in [1.82, 2.24) is 4.98 Å². The third-order valence-electron chi connectivity index (χ3n) is 7.37. The minimum Gasteiger partial charge on any atom is -0.455 e. The van der Waals surface area contributed by atoms with Crippen LogP contribution in [0.1, 0.15) is 0 Å². The molecular formula is C35H21NOS. The van der Waals surface area contributed by atoms with E-state index >= 15 is 0 Å². The maximum Gasteiger partial charge on any atom is 0.144 e. The molecule has 0 saturated heterocycles. The monoisotopic (exact) mass is 503 g/mol. The molecule has 3 aromatic heterocycles. The lowest BCUT2D eigenvalue weighted by Gasteiger charge is -2.06. The molecule has 3 heterocycles. The highest BCUT2D eigenvalue weighted by molar-refractivity contribution is 7.25. The zero-order chi connectivity index (χ0) is 25.1. The number of pyridine rings is 1. The summed E-state index contributed by atoms with van der Waals surface area (Å²) in [5, 5.41) is 4.74. The number of fused-ring (bicyclic) bond motifs is 6. The van der Waals surface area contributed by atoms with Gasteiger partial charge in [0.05, 0.1) is 10.4 Å². The summed E-state index contributed by atoms with van der Waals surface area (Å²) in [6.45, 7) is 0. The zero-order valence-corrected chi connectivity index (χ0v) is 21.2. The maximum absolute atomic E-state index is 6.68. The SMILES string of the molecule is c1ccc(-c2ccc(-c3cccc4c3oc3c(-c5cc6c(cn5)sc5ccccc56)cccc34)cc2)cc1. The number of thiophene rings is 1. The van der Waals surface area contributed by atoms with Crippen LogP contribution < -0.4 is 0 Å².